The first-order valence-electron chi connectivity index (χ1n) is 15.4. The van der Waals surface area contributed by atoms with Crippen LogP contribution in [-0.2, 0) is 6.42 Å². The van der Waals surface area contributed by atoms with Gasteiger partial charge in [-0.05, 0) is 113 Å². The van der Waals surface area contributed by atoms with Crippen LogP contribution >= 0.6 is 0 Å². The Morgan fingerprint density at radius 3 is 2.34 bits per heavy atom. The molecule has 2 unspecified atom stereocenters. The van der Waals surface area contributed by atoms with E-state index in [1.165, 1.54) is 68.5 Å². The number of benzene rings is 4. The second kappa shape index (κ2) is 9.11. The molecule has 2 heteroatoms. The van der Waals surface area contributed by atoms with Crippen molar-refractivity contribution in [2.24, 2.45) is 0 Å². The van der Waals surface area contributed by atoms with Crippen LogP contribution in [0.5, 0.6) is 0 Å². The van der Waals surface area contributed by atoms with Gasteiger partial charge in [-0.1, -0.05) is 91.1 Å². The molecule has 0 aromatic heterocycles. The lowest BCUT2D eigenvalue weighted by Crippen LogP contribution is -2.28. The fraction of sp³-hybridized carbons (Fsp3) is 0.231. The van der Waals surface area contributed by atoms with E-state index < -0.39 is 0 Å². The average Bonchev–Trinajstić information content (AvgIpc) is 3.59. The second-order valence-electron chi connectivity index (χ2n) is 12.2. The Morgan fingerprint density at radius 1 is 0.659 bits per heavy atom. The summed E-state index contributed by atoms with van der Waals surface area (Å²) < 4.78 is 0. The van der Waals surface area contributed by atoms with Crippen LogP contribution in [0.2, 0.25) is 0 Å². The molecule has 2 nitrogen and oxygen atoms in total. The summed E-state index contributed by atoms with van der Waals surface area (Å²) >= 11 is 0. The lowest BCUT2D eigenvalue weighted by molar-refractivity contribution is 0.550. The van der Waals surface area contributed by atoms with Crippen molar-refractivity contribution in [1.82, 2.24) is 0 Å². The Bertz CT molecular complexity index is 1830. The van der Waals surface area contributed by atoms with E-state index in [9.17, 15) is 0 Å². The molecule has 0 bridgehead atoms. The maximum Gasteiger partial charge on any atom is 0.131 e. The molecule has 1 aliphatic heterocycles. The molecule has 3 atom stereocenters. The minimum Gasteiger partial charge on any atom is -0.359 e. The number of anilines is 2. The first kappa shape index (κ1) is 23.4. The normalized spacial score (nSPS) is 23.3. The summed E-state index contributed by atoms with van der Waals surface area (Å²) in [5, 5.41) is 6.87. The van der Waals surface area contributed by atoms with Crippen molar-refractivity contribution < 1.29 is 0 Å². The summed E-state index contributed by atoms with van der Waals surface area (Å²) in [5.74, 6) is 1.27. The van der Waals surface area contributed by atoms with Crippen molar-refractivity contribution in [3.05, 3.63) is 137 Å². The zero-order valence-corrected chi connectivity index (χ0v) is 23.3. The summed E-state index contributed by atoms with van der Waals surface area (Å²) in [7, 11) is 0. The first-order chi connectivity index (χ1) is 20.4. The first-order valence-corrected chi connectivity index (χ1v) is 15.4. The largest absolute Gasteiger partial charge is 0.359 e. The Kier molecular flexibility index (Phi) is 5.20. The molecular formula is C39H34N2. The van der Waals surface area contributed by atoms with Gasteiger partial charge in [0.25, 0.3) is 0 Å². The second-order valence-corrected chi connectivity index (χ2v) is 12.2. The van der Waals surface area contributed by atoms with Gasteiger partial charge >= 0.3 is 0 Å². The lowest BCUT2D eigenvalue weighted by atomic mass is 9.81. The van der Waals surface area contributed by atoms with E-state index >= 15 is 0 Å². The molecule has 0 amide bonds. The molecule has 0 saturated carbocycles. The van der Waals surface area contributed by atoms with Crippen molar-refractivity contribution in [2.45, 2.75) is 56.5 Å². The van der Waals surface area contributed by atoms with Crippen LogP contribution in [0.1, 0.15) is 77.9 Å². The molecule has 41 heavy (non-hydrogen) atoms. The average molecular weight is 531 g/mol. The lowest BCUT2D eigenvalue weighted by Gasteiger charge is -2.32. The van der Waals surface area contributed by atoms with E-state index in [1.807, 2.05) is 0 Å². The maximum absolute atomic E-state index is 3.90. The van der Waals surface area contributed by atoms with Crippen LogP contribution in [0.25, 0.3) is 28.0 Å². The number of para-hydroxylation sites is 2. The Labute approximate surface area is 242 Å². The molecular weight excluding hydrogens is 496 g/mol. The van der Waals surface area contributed by atoms with Gasteiger partial charge in [0.05, 0.1) is 11.4 Å². The molecule has 1 N–H and O–H groups in total. The quantitative estimate of drug-likeness (QED) is 0.265. The van der Waals surface area contributed by atoms with Crippen LogP contribution in [0, 0.1) is 0 Å². The predicted molar refractivity (Wildman–Crippen MR) is 172 cm³/mol. The minimum absolute atomic E-state index is 0.0652. The van der Waals surface area contributed by atoms with Gasteiger partial charge in [-0.25, -0.2) is 0 Å². The zero-order chi connectivity index (χ0) is 26.9. The molecule has 0 spiro atoms. The van der Waals surface area contributed by atoms with Gasteiger partial charge < -0.3 is 10.2 Å². The highest BCUT2D eigenvalue weighted by atomic mass is 15.3. The zero-order valence-electron chi connectivity index (χ0n) is 23.3. The highest BCUT2D eigenvalue weighted by molar-refractivity contribution is 6.03. The highest BCUT2D eigenvalue weighted by Gasteiger charge is 2.36. The number of fused-ring (bicyclic) bond motifs is 5. The number of hydrogen-bond donors (Lipinski definition) is 1. The molecule has 0 radical (unpaired) electrons. The molecule has 0 saturated heterocycles. The van der Waals surface area contributed by atoms with Crippen LogP contribution in [0.4, 0.5) is 11.4 Å². The fourth-order valence-corrected chi connectivity index (χ4v) is 8.33. The number of rotatable bonds is 3. The van der Waals surface area contributed by atoms with Gasteiger partial charge in [0.15, 0.2) is 0 Å². The van der Waals surface area contributed by atoms with Crippen molar-refractivity contribution in [1.29, 1.82) is 0 Å². The van der Waals surface area contributed by atoms with Crippen LogP contribution in [-0.4, -0.2) is 0 Å². The van der Waals surface area contributed by atoms with Crippen molar-refractivity contribution in [2.75, 3.05) is 10.2 Å². The smallest absolute Gasteiger partial charge is 0.131 e. The van der Waals surface area contributed by atoms with Gasteiger partial charge in [-0.15, -0.1) is 0 Å². The predicted octanol–water partition coefficient (Wildman–Crippen LogP) is 10.2. The Hall–Kier alpha value is -4.30. The molecule has 200 valence electrons. The molecule has 4 aromatic rings. The van der Waals surface area contributed by atoms with Gasteiger partial charge in [0.1, 0.15) is 6.17 Å². The van der Waals surface area contributed by atoms with Crippen molar-refractivity contribution >= 4 is 28.2 Å². The molecule has 4 aromatic carbocycles. The third-order valence-electron chi connectivity index (χ3n) is 10.1. The van der Waals surface area contributed by atoms with Crippen LogP contribution in [0.3, 0.4) is 0 Å². The van der Waals surface area contributed by atoms with E-state index in [2.05, 4.69) is 119 Å². The third kappa shape index (κ3) is 3.43. The summed E-state index contributed by atoms with van der Waals surface area (Å²) in [6.45, 7) is 0. The van der Waals surface area contributed by atoms with Gasteiger partial charge in [0.2, 0.25) is 0 Å². The summed E-state index contributed by atoms with van der Waals surface area (Å²) in [4.78, 5) is 2.51. The van der Waals surface area contributed by atoms with E-state index in [1.54, 1.807) is 11.1 Å². The van der Waals surface area contributed by atoms with E-state index in [0.29, 0.717) is 11.8 Å². The summed E-state index contributed by atoms with van der Waals surface area (Å²) in [5.41, 5.74) is 13.9. The molecule has 9 rings (SSSR count). The van der Waals surface area contributed by atoms with Gasteiger partial charge in [-0.2, -0.15) is 0 Å². The molecule has 1 heterocycles. The van der Waals surface area contributed by atoms with Crippen molar-refractivity contribution in [3.63, 3.8) is 0 Å². The monoisotopic (exact) mass is 530 g/mol. The SMILES string of the molecule is C1=CC(N2c3ccccc3NC2c2ccc(-c3ccc4c5c(cccc35)C3CC=CC[C@@H]43)c3c2C=CCC3)=CCC1. The standard InChI is InChI=1S/C39H34N2/c1-2-11-25(12-3-1)41-37-20-9-8-19-36(37)40-39(41)35-24-22-30(26-13-4-7-16-29(26)35)31-21-23-34-28-15-6-5-14-27(28)32-17-10-18-33(31)38(32)34/h2,5-12,16-24,27-28,39-40H,1,3-4,13-15H2/t27?,28-,39?/m1/s1. The van der Waals surface area contributed by atoms with E-state index in [0.717, 1.165) is 25.7 Å². The Balaban J connectivity index is 1.21. The number of allylic oxidation sites excluding steroid dienone is 6. The summed E-state index contributed by atoms with van der Waals surface area (Å²) in [6, 6.07) is 25.6. The fourth-order valence-electron chi connectivity index (χ4n) is 8.33. The molecule has 5 aliphatic rings. The summed E-state index contributed by atoms with van der Waals surface area (Å²) in [6.07, 6.45) is 23.4. The van der Waals surface area contributed by atoms with Crippen LogP contribution in [0.15, 0.2) is 109 Å². The highest BCUT2D eigenvalue weighted by Crippen LogP contribution is 2.54. The van der Waals surface area contributed by atoms with E-state index in [-0.39, 0.29) is 6.17 Å². The van der Waals surface area contributed by atoms with Crippen molar-refractivity contribution in [3.8, 4) is 11.1 Å². The Morgan fingerprint density at radius 2 is 1.46 bits per heavy atom. The van der Waals surface area contributed by atoms with Gasteiger partial charge in [0, 0.05) is 11.3 Å². The number of hydrogen-bond acceptors (Lipinski definition) is 2. The van der Waals surface area contributed by atoms with Gasteiger partial charge in [-0.3, -0.25) is 0 Å². The molecule has 0 fully saturated rings. The molecule has 4 aliphatic carbocycles. The number of nitrogens with zero attached hydrogens (tertiary/aromatic N) is 1. The topological polar surface area (TPSA) is 15.3 Å². The minimum atomic E-state index is 0.0652. The maximum atomic E-state index is 3.90. The number of nitrogens with one attached hydrogen (secondary N) is 1. The van der Waals surface area contributed by atoms with E-state index in [4.69, 9.17) is 0 Å². The van der Waals surface area contributed by atoms with Crippen LogP contribution < -0.4 is 10.2 Å². The third-order valence-corrected chi connectivity index (χ3v) is 10.1.